The van der Waals surface area contributed by atoms with E-state index in [1.54, 1.807) is 6.07 Å². The minimum absolute atomic E-state index is 0.293. The minimum atomic E-state index is 0.293. The summed E-state index contributed by atoms with van der Waals surface area (Å²) in [6.45, 7) is 9.32. The second-order valence-electron chi connectivity index (χ2n) is 4.79. The van der Waals surface area contributed by atoms with Crippen LogP contribution in [-0.2, 0) is 6.42 Å². The van der Waals surface area contributed by atoms with Crippen LogP contribution in [0.2, 0.25) is 5.02 Å². The first-order valence-corrected chi connectivity index (χ1v) is 7.34. The van der Waals surface area contributed by atoms with Crippen molar-refractivity contribution in [2.24, 2.45) is 0 Å². The van der Waals surface area contributed by atoms with E-state index in [4.69, 9.17) is 11.6 Å². The van der Waals surface area contributed by atoms with Crippen LogP contribution in [0.4, 0.5) is 0 Å². The van der Waals surface area contributed by atoms with Gasteiger partial charge in [0.25, 0.3) is 0 Å². The van der Waals surface area contributed by atoms with Crippen LogP contribution in [0.3, 0.4) is 0 Å². The maximum atomic E-state index is 9.80. The van der Waals surface area contributed by atoms with Gasteiger partial charge in [0.2, 0.25) is 0 Å². The monoisotopic (exact) mass is 281 g/mol. The van der Waals surface area contributed by atoms with Crippen LogP contribution in [0, 0.1) is 0 Å². The van der Waals surface area contributed by atoms with Crippen molar-refractivity contribution < 1.29 is 5.11 Å². The predicted molar refractivity (Wildman–Crippen MR) is 83.0 cm³/mol. The first-order chi connectivity index (χ1) is 9.08. The Morgan fingerprint density at radius 2 is 2.16 bits per heavy atom. The van der Waals surface area contributed by atoms with Gasteiger partial charge in [-0.2, -0.15) is 0 Å². The van der Waals surface area contributed by atoms with E-state index in [9.17, 15) is 5.11 Å². The zero-order chi connectivity index (χ0) is 14.3. The molecule has 0 aliphatic heterocycles. The molecule has 106 valence electrons. The topological polar surface area (TPSA) is 32.3 Å². The van der Waals surface area contributed by atoms with Crippen LogP contribution in [0.15, 0.2) is 30.4 Å². The zero-order valence-electron chi connectivity index (χ0n) is 11.9. The first-order valence-electron chi connectivity index (χ1n) is 6.96. The van der Waals surface area contributed by atoms with E-state index in [1.807, 2.05) is 12.1 Å². The van der Waals surface area contributed by atoms with Crippen molar-refractivity contribution in [1.29, 1.82) is 0 Å². The Morgan fingerprint density at radius 3 is 2.74 bits per heavy atom. The van der Waals surface area contributed by atoms with Gasteiger partial charge < -0.3 is 10.4 Å². The summed E-state index contributed by atoms with van der Waals surface area (Å²) < 4.78 is 0. The molecule has 2 N–H and O–H groups in total. The Morgan fingerprint density at radius 1 is 1.42 bits per heavy atom. The molecule has 0 radical (unpaired) electrons. The predicted octanol–water partition coefficient (Wildman–Crippen LogP) is 4.31. The smallest absolute Gasteiger partial charge is 0.120 e. The lowest BCUT2D eigenvalue weighted by molar-refractivity contribution is 0.463. The summed E-state index contributed by atoms with van der Waals surface area (Å²) in [5.41, 5.74) is 2.21. The average molecular weight is 282 g/mol. The highest BCUT2D eigenvalue weighted by atomic mass is 35.5. The highest BCUT2D eigenvalue weighted by Crippen LogP contribution is 2.24. The Kier molecular flexibility index (Phi) is 6.96. The summed E-state index contributed by atoms with van der Waals surface area (Å²) in [5, 5.41) is 13.8. The van der Waals surface area contributed by atoms with Gasteiger partial charge in [0.05, 0.1) is 0 Å². The molecule has 0 bridgehead atoms. The molecular weight excluding hydrogens is 258 g/mol. The van der Waals surface area contributed by atoms with Gasteiger partial charge in [0.1, 0.15) is 5.75 Å². The molecule has 0 aliphatic rings. The Hall–Kier alpha value is -0.990. The van der Waals surface area contributed by atoms with E-state index < -0.39 is 0 Å². The maximum Gasteiger partial charge on any atom is 0.120 e. The standard InChI is InChI=1S/C16H24ClNO/c1-4-12(3)15(18-5-2)8-6-7-13-9-10-14(17)11-16(13)19/h9-11,15,18-19H,3-8H2,1-2H3. The van der Waals surface area contributed by atoms with Crippen molar-refractivity contribution >= 4 is 11.6 Å². The molecule has 0 spiro atoms. The van der Waals surface area contributed by atoms with E-state index in [1.165, 1.54) is 5.57 Å². The fourth-order valence-corrected chi connectivity index (χ4v) is 2.35. The van der Waals surface area contributed by atoms with Crippen molar-refractivity contribution in [2.75, 3.05) is 6.54 Å². The quantitative estimate of drug-likeness (QED) is 0.696. The number of benzene rings is 1. The molecule has 1 unspecified atom stereocenters. The summed E-state index contributed by atoms with van der Waals surface area (Å²) in [7, 11) is 0. The number of halogens is 1. The van der Waals surface area contributed by atoms with E-state index >= 15 is 0 Å². The third kappa shape index (κ3) is 5.25. The van der Waals surface area contributed by atoms with Gasteiger partial charge in [-0.1, -0.05) is 43.7 Å². The molecule has 1 aromatic rings. The van der Waals surface area contributed by atoms with E-state index in [2.05, 4.69) is 25.7 Å². The molecule has 0 saturated carbocycles. The zero-order valence-corrected chi connectivity index (χ0v) is 12.6. The summed E-state index contributed by atoms with van der Waals surface area (Å²) in [6.07, 6.45) is 3.93. The van der Waals surface area contributed by atoms with Crippen molar-refractivity contribution in [2.45, 2.75) is 45.6 Å². The van der Waals surface area contributed by atoms with E-state index in [0.717, 1.165) is 37.8 Å². The molecule has 0 aliphatic carbocycles. The molecule has 1 aromatic carbocycles. The molecule has 1 atom stereocenters. The number of phenolic OH excluding ortho intramolecular Hbond substituents is 1. The van der Waals surface area contributed by atoms with E-state index in [-0.39, 0.29) is 0 Å². The number of phenols is 1. The lowest BCUT2D eigenvalue weighted by Crippen LogP contribution is -2.30. The van der Waals surface area contributed by atoms with E-state index in [0.29, 0.717) is 16.8 Å². The van der Waals surface area contributed by atoms with Gasteiger partial charge >= 0.3 is 0 Å². The summed E-state index contributed by atoms with van der Waals surface area (Å²) in [5.74, 6) is 0.293. The molecule has 0 fully saturated rings. The van der Waals surface area contributed by atoms with Crippen molar-refractivity contribution in [1.82, 2.24) is 5.32 Å². The van der Waals surface area contributed by atoms with Crippen LogP contribution in [0.1, 0.15) is 38.7 Å². The molecule has 2 nitrogen and oxygen atoms in total. The minimum Gasteiger partial charge on any atom is -0.508 e. The van der Waals surface area contributed by atoms with Gasteiger partial charge in [-0.05, 0) is 49.9 Å². The number of hydrogen-bond acceptors (Lipinski definition) is 2. The van der Waals surface area contributed by atoms with Gasteiger partial charge in [-0.25, -0.2) is 0 Å². The number of hydrogen-bond donors (Lipinski definition) is 2. The van der Waals surface area contributed by atoms with Crippen LogP contribution in [-0.4, -0.2) is 17.7 Å². The van der Waals surface area contributed by atoms with Crippen LogP contribution < -0.4 is 5.32 Å². The highest BCUT2D eigenvalue weighted by molar-refractivity contribution is 6.30. The van der Waals surface area contributed by atoms with Gasteiger partial charge in [-0.15, -0.1) is 0 Å². The Labute approximate surface area is 121 Å². The van der Waals surface area contributed by atoms with Crippen molar-refractivity contribution in [3.63, 3.8) is 0 Å². The molecule has 19 heavy (non-hydrogen) atoms. The second kappa shape index (κ2) is 8.23. The molecule has 1 rings (SSSR count). The summed E-state index contributed by atoms with van der Waals surface area (Å²) in [4.78, 5) is 0. The van der Waals surface area contributed by atoms with Gasteiger partial charge in [-0.3, -0.25) is 0 Å². The number of aromatic hydroxyl groups is 1. The lowest BCUT2D eigenvalue weighted by atomic mass is 9.98. The largest absolute Gasteiger partial charge is 0.508 e. The molecule has 0 amide bonds. The van der Waals surface area contributed by atoms with Crippen LogP contribution >= 0.6 is 11.6 Å². The Bertz CT molecular complexity index is 417. The summed E-state index contributed by atoms with van der Waals surface area (Å²) in [6, 6.07) is 5.70. The number of rotatable bonds is 8. The lowest BCUT2D eigenvalue weighted by Gasteiger charge is -2.19. The number of nitrogens with one attached hydrogen (secondary N) is 1. The van der Waals surface area contributed by atoms with Gasteiger partial charge in [0.15, 0.2) is 0 Å². The SMILES string of the molecule is C=C(CC)C(CCCc1ccc(Cl)cc1O)NCC. The normalized spacial score (nSPS) is 12.4. The fraction of sp³-hybridized carbons (Fsp3) is 0.500. The third-order valence-electron chi connectivity index (χ3n) is 3.38. The van der Waals surface area contributed by atoms with Crippen molar-refractivity contribution in [3.8, 4) is 5.75 Å². The molecule has 0 saturated heterocycles. The highest BCUT2D eigenvalue weighted by Gasteiger charge is 2.10. The maximum absolute atomic E-state index is 9.80. The van der Waals surface area contributed by atoms with Crippen LogP contribution in [0.5, 0.6) is 5.75 Å². The van der Waals surface area contributed by atoms with Gasteiger partial charge in [0, 0.05) is 11.1 Å². The molecule has 3 heteroatoms. The summed E-state index contributed by atoms with van der Waals surface area (Å²) >= 11 is 5.82. The molecule has 0 aromatic heterocycles. The number of aryl methyl sites for hydroxylation is 1. The Balaban J connectivity index is 2.49. The third-order valence-corrected chi connectivity index (χ3v) is 3.62. The molecule has 0 heterocycles. The second-order valence-corrected chi connectivity index (χ2v) is 5.22. The fourth-order valence-electron chi connectivity index (χ4n) is 2.19. The molecular formula is C16H24ClNO. The van der Waals surface area contributed by atoms with Crippen molar-refractivity contribution in [3.05, 3.63) is 40.9 Å². The average Bonchev–Trinajstić information content (AvgIpc) is 2.39. The van der Waals surface area contributed by atoms with Crippen LogP contribution in [0.25, 0.3) is 0 Å². The number of likely N-dealkylation sites (N-methyl/N-ethyl adjacent to an activating group) is 1. The first kappa shape index (κ1) is 16.1.